The molecular weight excluding hydrogens is 263 g/mol. The molecule has 0 aliphatic rings. The van der Waals surface area contributed by atoms with E-state index in [4.69, 9.17) is 0 Å². The molecule has 1 aromatic rings. The van der Waals surface area contributed by atoms with Crippen molar-refractivity contribution in [2.24, 2.45) is 5.41 Å². The number of carbonyl (C=O) groups excluding carboxylic acids is 1. The summed E-state index contributed by atoms with van der Waals surface area (Å²) in [6.45, 7) is 3.13. The first-order chi connectivity index (χ1) is 9.31. The molecule has 5 nitrogen and oxygen atoms in total. The van der Waals surface area contributed by atoms with Gasteiger partial charge in [0.05, 0.1) is 13.2 Å². The van der Waals surface area contributed by atoms with Gasteiger partial charge in [-0.2, -0.15) is 0 Å². The van der Waals surface area contributed by atoms with Gasteiger partial charge in [-0.15, -0.1) is 0 Å². The number of anilines is 1. The Morgan fingerprint density at radius 1 is 1.40 bits per heavy atom. The van der Waals surface area contributed by atoms with Crippen LogP contribution in [-0.2, 0) is 0 Å². The molecule has 0 saturated carbocycles. The molecule has 3 N–H and O–H groups in total. The fraction of sp³-hybridized carbons (Fsp3) is 0.500. The number of nitrogens with one attached hydrogen (secondary N) is 1. The van der Waals surface area contributed by atoms with E-state index in [0.717, 1.165) is 0 Å². The summed E-state index contributed by atoms with van der Waals surface area (Å²) in [5.41, 5.74) is 0.390. The lowest BCUT2D eigenvalue weighted by Gasteiger charge is -2.30. The van der Waals surface area contributed by atoms with Crippen LogP contribution in [0.15, 0.2) is 18.2 Å². The summed E-state index contributed by atoms with van der Waals surface area (Å²) in [5, 5.41) is 21.1. The van der Waals surface area contributed by atoms with E-state index in [-0.39, 0.29) is 31.6 Å². The molecule has 0 aliphatic heterocycles. The van der Waals surface area contributed by atoms with Crippen LogP contribution in [-0.4, -0.2) is 48.0 Å². The Bertz CT molecular complexity index is 475. The average Bonchev–Trinajstić information content (AvgIpc) is 2.41. The molecule has 0 fully saturated rings. The summed E-state index contributed by atoms with van der Waals surface area (Å²) < 4.78 is 13.0. The van der Waals surface area contributed by atoms with E-state index in [0.29, 0.717) is 11.3 Å². The summed E-state index contributed by atoms with van der Waals surface area (Å²) in [4.78, 5) is 13.4. The van der Waals surface area contributed by atoms with Gasteiger partial charge in [-0.1, -0.05) is 6.92 Å². The highest BCUT2D eigenvalue weighted by Crippen LogP contribution is 2.18. The van der Waals surface area contributed by atoms with Crippen LogP contribution in [0.5, 0.6) is 0 Å². The molecule has 0 aliphatic carbocycles. The molecule has 1 aromatic carbocycles. The molecule has 0 heterocycles. The minimum Gasteiger partial charge on any atom is -0.396 e. The van der Waals surface area contributed by atoms with Gasteiger partial charge < -0.3 is 20.4 Å². The second-order valence-corrected chi connectivity index (χ2v) is 5.37. The van der Waals surface area contributed by atoms with Gasteiger partial charge in [0.2, 0.25) is 0 Å². The van der Waals surface area contributed by atoms with Crippen LogP contribution in [0.2, 0.25) is 0 Å². The number of nitrogens with zero attached hydrogens (tertiary/aromatic N) is 1. The maximum absolute atomic E-state index is 13.0. The van der Waals surface area contributed by atoms with Crippen LogP contribution in [0.1, 0.15) is 12.5 Å². The predicted octanol–water partition coefficient (Wildman–Crippen LogP) is 1.59. The van der Waals surface area contributed by atoms with Crippen molar-refractivity contribution < 1.29 is 19.4 Å². The van der Waals surface area contributed by atoms with Gasteiger partial charge in [0, 0.05) is 24.7 Å². The van der Waals surface area contributed by atoms with Gasteiger partial charge in [-0.3, -0.25) is 0 Å². The molecular formula is C14H21FN2O3. The summed E-state index contributed by atoms with van der Waals surface area (Å²) in [6.07, 6.45) is 0. The van der Waals surface area contributed by atoms with Crippen molar-refractivity contribution in [3.8, 4) is 0 Å². The Morgan fingerprint density at radius 3 is 2.50 bits per heavy atom. The number of amides is 2. The predicted molar refractivity (Wildman–Crippen MR) is 75.1 cm³/mol. The van der Waals surface area contributed by atoms with Crippen molar-refractivity contribution in [3.05, 3.63) is 29.6 Å². The molecule has 20 heavy (non-hydrogen) atoms. The van der Waals surface area contributed by atoms with E-state index in [1.54, 1.807) is 20.9 Å². The Balaban J connectivity index is 2.71. The first-order valence-electron chi connectivity index (χ1n) is 6.31. The third-order valence-electron chi connectivity index (χ3n) is 3.16. The van der Waals surface area contributed by atoms with E-state index in [1.165, 1.54) is 23.1 Å². The van der Waals surface area contributed by atoms with E-state index in [9.17, 15) is 19.4 Å². The smallest absolute Gasteiger partial charge is 0.321 e. The molecule has 0 spiro atoms. The van der Waals surface area contributed by atoms with E-state index >= 15 is 0 Å². The number of aliphatic hydroxyl groups excluding tert-OH is 2. The molecule has 1 rings (SSSR count). The largest absolute Gasteiger partial charge is 0.396 e. The molecule has 0 saturated heterocycles. The summed E-state index contributed by atoms with van der Waals surface area (Å²) in [5.74, 6) is -0.359. The Kier molecular flexibility index (Phi) is 5.47. The molecule has 6 heteroatoms. The fourth-order valence-corrected chi connectivity index (χ4v) is 1.77. The van der Waals surface area contributed by atoms with Gasteiger partial charge >= 0.3 is 6.03 Å². The number of urea groups is 1. The van der Waals surface area contributed by atoms with Crippen molar-refractivity contribution in [3.63, 3.8) is 0 Å². The third-order valence-corrected chi connectivity index (χ3v) is 3.16. The van der Waals surface area contributed by atoms with Crippen molar-refractivity contribution in [2.75, 3.05) is 32.1 Å². The number of rotatable bonds is 5. The second-order valence-electron chi connectivity index (χ2n) is 5.37. The highest BCUT2D eigenvalue weighted by Gasteiger charge is 2.26. The number of benzene rings is 1. The van der Waals surface area contributed by atoms with E-state index < -0.39 is 5.41 Å². The summed E-state index contributed by atoms with van der Waals surface area (Å²) >= 11 is 0. The van der Waals surface area contributed by atoms with E-state index in [2.05, 4.69) is 5.32 Å². The number of hydrogen-bond acceptors (Lipinski definition) is 3. The molecule has 0 unspecified atom stereocenters. The Hall–Kier alpha value is -1.66. The van der Waals surface area contributed by atoms with Gasteiger partial charge in [0.15, 0.2) is 0 Å². The lowest BCUT2D eigenvalue weighted by molar-refractivity contribution is 0.0509. The van der Waals surface area contributed by atoms with Crippen LogP contribution < -0.4 is 5.32 Å². The average molecular weight is 284 g/mol. The van der Waals surface area contributed by atoms with Crippen molar-refractivity contribution in [2.45, 2.75) is 13.8 Å². The zero-order valence-corrected chi connectivity index (χ0v) is 12.0. The van der Waals surface area contributed by atoms with Crippen LogP contribution in [0, 0.1) is 18.2 Å². The van der Waals surface area contributed by atoms with Crippen molar-refractivity contribution in [1.82, 2.24) is 4.90 Å². The SMILES string of the molecule is Cc1cc(F)ccc1NC(=O)N(C)CC(C)(CO)CO. The molecule has 112 valence electrons. The van der Waals surface area contributed by atoms with Crippen LogP contribution >= 0.6 is 0 Å². The van der Waals surface area contributed by atoms with Gasteiger partial charge in [-0.05, 0) is 30.7 Å². The van der Waals surface area contributed by atoms with Crippen LogP contribution in [0.25, 0.3) is 0 Å². The second kappa shape index (κ2) is 6.67. The topological polar surface area (TPSA) is 72.8 Å². The number of halogens is 1. The standard InChI is InChI=1S/C14H21FN2O3/c1-10-6-11(15)4-5-12(10)16-13(20)17(3)7-14(2,8-18)9-19/h4-6,18-19H,7-9H2,1-3H3,(H,16,20). The first kappa shape index (κ1) is 16.4. The Labute approximate surface area is 118 Å². The lowest BCUT2D eigenvalue weighted by Crippen LogP contribution is -2.43. The summed E-state index contributed by atoms with van der Waals surface area (Å²) in [6, 6.07) is 3.72. The van der Waals surface area contributed by atoms with Crippen LogP contribution in [0.3, 0.4) is 0 Å². The highest BCUT2D eigenvalue weighted by atomic mass is 19.1. The molecule has 0 bridgehead atoms. The molecule has 2 amide bonds. The summed E-state index contributed by atoms with van der Waals surface area (Å²) in [7, 11) is 1.57. The number of aryl methyl sites for hydroxylation is 1. The number of aliphatic hydroxyl groups is 2. The van der Waals surface area contributed by atoms with E-state index in [1.807, 2.05) is 0 Å². The minimum atomic E-state index is -0.760. The van der Waals surface area contributed by atoms with Crippen molar-refractivity contribution >= 4 is 11.7 Å². The van der Waals surface area contributed by atoms with Crippen molar-refractivity contribution in [1.29, 1.82) is 0 Å². The highest BCUT2D eigenvalue weighted by molar-refractivity contribution is 5.89. The molecule has 0 aromatic heterocycles. The Morgan fingerprint density at radius 2 is 2.00 bits per heavy atom. The lowest BCUT2D eigenvalue weighted by atomic mass is 9.92. The maximum Gasteiger partial charge on any atom is 0.321 e. The number of carbonyl (C=O) groups is 1. The monoisotopic (exact) mass is 284 g/mol. The van der Waals surface area contributed by atoms with Gasteiger partial charge in [-0.25, -0.2) is 9.18 Å². The minimum absolute atomic E-state index is 0.200. The zero-order chi connectivity index (χ0) is 15.3. The molecule has 0 radical (unpaired) electrons. The van der Waals surface area contributed by atoms with Crippen LogP contribution in [0.4, 0.5) is 14.9 Å². The van der Waals surface area contributed by atoms with Gasteiger partial charge in [0.1, 0.15) is 5.82 Å². The maximum atomic E-state index is 13.0. The first-order valence-corrected chi connectivity index (χ1v) is 6.31. The third kappa shape index (κ3) is 4.18. The fourth-order valence-electron chi connectivity index (χ4n) is 1.77. The quantitative estimate of drug-likeness (QED) is 0.769. The molecule has 0 atom stereocenters. The number of hydrogen-bond donors (Lipinski definition) is 3. The normalized spacial score (nSPS) is 11.3. The van der Waals surface area contributed by atoms with Gasteiger partial charge in [0.25, 0.3) is 0 Å². The zero-order valence-electron chi connectivity index (χ0n) is 12.0.